The number of amides is 1. The molecule has 25 heavy (non-hydrogen) atoms. The van der Waals surface area contributed by atoms with Crippen molar-refractivity contribution in [2.45, 2.75) is 19.4 Å². The molecule has 2 aromatic heterocycles. The van der Waals surface area contributed by atoms with Crippen LogP contribution in [0.1, 0.15) is 34.5 Å². The SMILES string of the molecule is CCc1ccc(C(CO)NC(=O)c2ccnc(-n3cncn3)c2)cc1. The van der Waals surface area contributed by atoms with E-state index in [2.05, 4.69) is 27.3 Å². The van der Waals surface area contributed by atoms with Crippen molar-refractivity contribution in [3.05, 3.63) is 71.9 Å². The second-order valence-electron chi connectivity index (χ2n) is 5.55. The molecule has 0 radical (unpaired) electrons. The zero-order valence-corrected chi connectivity index (χ0v) is 13.8. The van der Waals surface area contributed by atoms with Gasteiger partial charge in [-0.05, 0) is 29.7 Å². The number of aryl methyl sites for hydroxylation is 1. The fourth-order valence-electron chi connectivity index (χ4n) is 2.47. The van der Waals surface area contributed by atoms with Crippen LogP contribution in [0.4, 0.5) is 0 Å². The minimum Gasteiger partial charge on any atom is -0.394 e. The molecular formula is C18H19N5O2. The van der Waals surface area contributed by atoms with E-state index in [1.165, 1.54) is 29.1 Å². The molecule has 3 aromatic rings. The second kappa shape index (κ2) is 7.67. The summed E-state index contributed by atoms with van der Waals surface area (Å²) in [6, 6.07) is 10.6. The molecule has 0 aliphatic heterocycles. The maximum absolute atomic E-state index is 12.5. The maximum Gasteiger partial charge on any atom is 0.252 e. The molecule has 1 unspecified atom stereocenters. The molecule has 128 valence electrons. The van der Waals surface area contributed by atoms with E-state index in [1.807, 2.05) is 24.3 Å². The van der Waals surface area contributed by atoms with Gasteiger partial charge in [0.15, 0.2) is 5.82 Å². The van der Waals surface area contributed by atoms with Gasteiger partial charge in [0.05, 0.1) is 12.6 Å². The summed E-state index contributed by atoms with van der Waals surface area (Å²) in [6.07, 6.45) is 5.39. The quantitative estimate of drug-likeness (QED) is 0.714. The van der Waals surface area contributed by atoms with Gasteiger partial charge in [0.1, 0.15) is 12.7 Å². The molecule has 0 aliphatic rings. The van der Waals surface area contributed by atoms with E-state index in [4.69, 9.17) is 0 Å². The number of carbonyl (C=O) groups is 1. The number of benzene rings is 1. The Labute approximate surface area is 145 Å². The Bertz CT molecular complexity index is 831. The summed E-state index contributed by atoms with van der Waals surface area (Å²) in [7, 11) is 0. The fourth-order valence-corrected chi connectivity index (χ4v) is 2.47. The predicted octanol–water partition coefficient (Wildman–Crippen LogP) is 1.69. The Morgan fingerprint density at radius 3 is 2.72 bits per heavy atom. The van der Waals surface area contributed by atoms with Crippen molar-refractivity contribution in [3.8, 4) is 5.82 Å². The number of nitrogens with zero attached hydrogens (tertiary/aromatic N) is 4. The van der Waals surface area contributed by atoms with Crippen LogP contribution < -0.4 is 5.32 Å². The van der Waals surface area contributed by atoms with Gasteiger partial charge in [0, 0.05) is 11.8 Å². The Morgan fingerprint density at radius 1 is 1.28 bits per heavy atom. The van der Waals surface area contributed by atoms with Crippen LogP contribution in [-0.2, 0) is 6.42 Å². The van der Waals surface area contributed by atoms with Crippen molar-refractivity contribution in [1.82, 2.24) is 25.1 Å². The zero-order chi connectivity index (χ0) is 17.6. The first-order chi connectivity index (χ1) is 12.2. The fraction of sp³-hybridized carbons (Fsp3) is 0.222. The van der Waals surface area contributed by atoms with E-state index in [0.29, 0.717) is 11.4 Å². The van der Waals surface area contributed by atoms with Crippen LogP contribution in [0.2, 0.25) is 0 Å². The van der Waals surface area contributed by atoms with Crippen molar-refractivity contribution >= 4 is 5.91 Å². The highest BCUT2D eigenvalue weighted by atomic mass is 16.3. The smallest absolute Gasteiger partial charge is 0.252 e. The second-order valence-corrected chi connectivity index (χ2v) is 5.55. The predicted molar refractivity (Wildman–Crippen MR) is 92.3 cm³/mol. The Morgan fingerprint density at radius 2 is 2.08 bits per heavy atom. The van der Waals surface area contributed by atoms with E-state index >= 15 is 0 Å². The number of rotatable bonds is 6. The third kappa shape index (κ3) is 3.89. The highest BCUT2D eigenvalue weighted by Gasteiger charge is 2.16. The van der Waals surface area contributed by atoms with Crippen molar-refractivity contribution in [3.63, 3.8) is 0 Å². The number of pyridine rings is 1. The third-order valence-corrected chi connectivity index (χ3v) is 3.94. The van der Waals surface area contributed by atoms with Crippen molar-refractivity contribution in [2.75, 3.05) is 6.61 Å². The number of carbonyl (C=O) groups excluding carboxylic acids is 1. The number of aromatic nitrogens is 4. The van der Waals surface area contributed by atoms with Gasteiger partial charge in [-0.15, -0.1) is 0 Å². The first-order valence-corrected chi connectivity index (χ1v) is 8.03. The van der Waals surface area contributed by atoms with Crippen LogP contribution in [-0.4, -0.2) is 37.4 Å². The summed E-state index contributed by atoms with van der Waals surface area (Å²) in [4.78, 5) is 20.6. The van der Waals surface area contributed by atoms with Crippen molar-refractivity contribution in [2.24, 2.45) is 0 Å². The van der Waals surface area contributed by atoms with Gasteiger partial charge in [-0.3, -0.25) is 4.79 Å². The summed E-state index contributed by atoms with van der Waals surface area (Å²) in [6.45, 7) is 1.90. The number of aliphatic hydroxyl groups is 1. The molecular weight excluding hydrogens is 318 g/mol. The first kappa shape index (κ1) is 16.8. The summed E-state index contributed by atoms with van der Waals surface area (Å²) in [5, 5.41) is 16.5. The molecule has 7 nitrogen and oxygen atoms in total. The highest BCUT2D eigenvalue weighted by molar-refractivity contribution is 5.94. The average molecular weight is 337 g/mol. The lowest BCUT2D eigenvalue weighted by molar-refractivity contribution is 0.0916. The Hall–Kier alpha value is -3.06. The van der Waals surface area contributed by atoms with E-state index in [9.17, 15) is 9.90 Å². The van der Waals surface area contributed by atoms with Gasteiger partial charge < -0.3 is 10.4 Å². The normalized spacial score (nSPS) is 11.9. The standard InChI is InChI=1S/C18H19N5O2/c1-2-13-3-5-14(6-4-13)16(10-24)22-18(25)15-7-8-20-17(9-15)23-12-19-11-21-23/h3-9,11-12,16,24H,2,10H2,1H3,(H,22,25). The Balaban J connectivity index is 1.77. The van der Waals surface area contributed by atoms with Gasteiger partial charge in [0.2, 0.25) is 0 Å². The molecule has 7 heteroatoms. The lowest BCUT2D eigenvalue weighted by atomic mass is 10.0. The maximum atomic E-state index is 12.5. The minimum absolute atomic E-state index is 0.182. The largest absolute Gasteiger partial charge is 0.394 e. The highest BCUT2D eigenvalue weighted by Crippen LogP contribution is 2.15. The van der Waals surface area contributed by atoms with E-state index in [0.717, 1.165) is 12.0 Å². The molecule has 1 aromatic carbocycles. The molecule has 0 saturated heterocycles. The molecule has 1 amide bonds. The van der Waals surface area contributed by atoms with Crippen molar-refractivity contribution in [1.29, 1.82) is 0 Å². The molecule has 0 aliphatic carbocycles. The number of nitrogens with one attached hydrogen (secondary N) is 1. The monoisotopic (exact) mass is 337 g/mol. The van der Waals surface area contributed by atoms with E-state index < -0.39 is 6.04 Å². The van der Waals surface area contributed by atoms with Gasteiger partial charge in [-0.1, -0.05) is 31.2 Å². The molecule has 0 saturated carbocycles. The first-order valence-electron chi connectivity index (χ1n) is 8.03. The van der Waals surface area contributed by atoms with Gasteiger partial charge in [0.25, 0.3) is 5.91 Å². The van der Waals surface area contributed by atoms with Crippen LogP contribution in [0.5, 0.6) is 0 Å². The molecule has 0 bridgehead atoms. The number of hydrogen-bond acceptors (Lipinski definition) is 5. The van der Waals surface area contributed by atoms with Crippen LogP contribution in [0.25, 0.3) is 5.82 Å². The number of aliphatic hydroxyl groups excluding tert-OH is 1. The van der Waals surface area contributed by atoms with Gasteiger partial charge in [-0.2, -0.15) is 5.10 Å². The van der Waals surface area contributed by atoms with Crippen LogP contribution in [0, 0.1) is 0 Å². The number of hydrogen-bond donors (Lipinski definition) is 2. The summed E-state index contributed by atoms with van der Waals surface area (Å²) in [5.74, 6) is 0.209. The molecule has 2 heterocycles. The third-order valence-electron chi connectivity index (χ3n) is 3.94. The zero-order valence-electron chi connectivity index (χ0n) is 13.8. The molecule has 1 atom stereocenters. The van der Waals surface area contributed by atoms with Crippen LogP contribution in [0.3, 0.4) is 0 Å². The lowest BCUT2D eigenvalue weighted by Crippen LogP contribution is -2.30. The summed E-state index contributed by atoms with van der Waals surface area (Å²) < 4.78 is 1.48. The lowest BCUT2D eigenvalue weighted by Gasteiger charge is -2.17. The van der Waals surface area contributed by atoms with Crippen molar-refractivity contribution < 1.29 is 9.90 Å². The minimum atomic E-state index is -0.471. The topological polar surface area (TPSA) is 92.9 Å². The molecule has 3 rings (SSSR count). The van der Waals surface area contributed by atoms with Crippen LogP contribution in [0.15, 0.2) is 55.2 Å². The molecule has 0 spiro atoms. The van der Waals surface area contributed by atoms with Crippen LogP contribution >= 0.6 is 0 Å². The van der Waals surface area contributed by atoms with Gasteiger partial charge in [-0.25, -0.2) is 14.6 Å². The van der Waals surface area contributed by atoms with E-state index in [-0.39, 0.29) is 12.5 Å². The van der Waals surface area contributed by atoms with E-state index in [1.54, 1.807) is 12.1 Å². The summed E-state index contributed by atoms with van der Waals surface area (Å²) >= 11 is 0. The average Bonchev–Trinajstić information content (AvgIpc) is 3.21. The molecule has 0 fully saturated rings. The molecule has 2 N–H and O–H groups in total. The Kier molecular flexibility index (Phi) is 5.15. The summed E-state index contributed by atoms with van der Waals surface area (Å²) in [5.41, 5.74) is 2.50. The van der Waals surface area contributed by atoms with Gasteiger partial charge >= 0.3 is 0 Å².